The van der Waals surface area contributed by atoms with Gasteiger partial charge in [-0.2, -0.15) is 26.3 Å². The minimum Gasteiger partial charge on any atom is -0.485 e. The van der Waals surface area contributed by atoms with Gasteiger partial charge in [-0.3, -0.25) is 34.2 Å². The molecule has 0 aliphatic carbocycles. The maximum absolute atomic E-state index is 14.5. The van der Waals surface area contributed by atoms with Crippen molar-refractivity contribution in [2.75, 3.05) is 60.5 Å². The number of alkyl halides is 6. The van der Waals surface area contributed by atoms with Gasteiger partial charge in [-0.1, -0.05) is 12.5 Å². The number of carbonyl (C=O) groups excluding carboxylic acids is 4. The zero-order valence-electron chi connectivity index (χ0n) is 37.8. The zero-order chi connectivity index (χ0) is 50.3. The quantitative estimate of drug-likeness (QED) is 0.0355. The lowest BCUT2D eigenvalue weighted by atomic mass is 10.0. The van der Waals surface area contributed by atoms with Crippen molar-refractivity contribution in [1.82, 2.24) is 10.6 Å². The molecule has 69 heavy (non-hydrogen) atoms. The molecular formula is C44H57F6N13O6. The molecule has 2 unspecified atom stereocenters. The number of hydrogen-bond donors (Lipinski definition) is 10. The van der Waals surface area contributed by atoms with Crippen LogP contribution in [-0.2, 0) is 31.5 Å². The van der Waals surface area contributed by atoms with E-state index >= 15 is 0 Å². The SMILES string of the molecule is CCC1=C(C(=O)Nc2cc(C(F)(F)F)cc(NC(=O)CCCCN=C(N)N)c2OC2CCNC2)C=C(C(=O)Nc2cc(C(F)(F)F)cc(NC(=O)CCCCN=C(N)N)c2OC2CCNC2)N=CC1. The topological polar surface area (TPSA) is 300 Å². The van der Waals surface area contributed by atoms with Gasteiger partial charge in [0.15, 0.2) is 23.4 Å². The fourth-order valence-corrected chi connectivity index (χ4v) is 7.34. The smallest absolute Gasteiger partial charge is 0.416 e. The summed E-state index contributed by atoms with van der Waals surface area (Å²) in [6, 6.07) is 2.69. The average molecular weight is 978 g/mol. The van der Waals surface area contributed by atoms with Crippen LogP contribution in [0.5, 0.6) is 11.5 Å². The second kappa shape index (κ2) is 24.4. The molecule has 0 bridgehead atoms. The van der Waals surface area contributed by atoms with Gasteiger partial charge < -0.3 is 64.3 Å². The second-order valence-electron chi connectivity index (χ2n) is 16.2. The highest BCUT2D eigenvalue weighted by atomic mass is 19.4. The summed E-state index contributed by atoms with van der Waals surface area (Å²) in [6.45, 7) is 3.79. The van der Waals surface area contributed by atoms with Gasteiger partial charge >= 0.3 is 12.4 Å². The summed E-state index contributed by atoms with van der Waals surface area (Å²) in [5.74, 6) is -4.20. The first-order valence-corrected chi connectivity index (χ1v) is 22.3. The third kappa shape index (κ3) is 16.1. The number of halogens is 6. The van der Waals surface area contributed by atoms with E-state index in [-0.39, 0.29) is 92.0 Å². The van der Waals surface area contributed by atoms with Crippen LogP contribution >= 0.6 is 0 Å². The maximum atomic E-state index is 14.5. The molecule has 2 atom stereocenters. The summed E-state index contributed by atoms with van der Waals surface area (Å²) in [7, 11) is 0. The molecule has 3 aliphatic rings. The Labute approximate surface area is 393 Å². The summed E-state index contributed by atoms with van der Waals surface area (Å²) < 4.78 is 99.1. The molecule has 5 rings (SSSR count). The molecule has 2 fully saturated rings. The van der Waals surface area contributed by atoms with Crippen LogP contribution in [0.3, 0.4) is 0 Å². The highest BCUT2D eigenvalue weighted by Gasteiger charge is 2.36. The van der Waals surface area contributed by atoms with Gasteiger partial charge in [0.05, 0.1) is 33.9 Å². The van der Waals surface area contributed by atoms with Crippen molar-refractivity contribution in [3.05, 3.63) is 58.3 Å². The van der Waals surface area contributed by atoms with Gasteiger partial charge in [-0.05, 0) is 88.4 Å². The zero-order valence-corrected chi connectivity index (χ0v) is 37.8. The molecule has 25 heteroatoms. The highest BCUT2D eigenvalue weighted by Crippen LogP contribution is 2.44. The summed E-state index contributed by atoms with van der Waals surface area (Å²) in [5.41, 5.74) is 17.0. The highest BCUT2D eigenvalue weighted by molar-refractivity contribution is 6.12. The Kier molecular flexibility index (Phi) is 18.8. The number of carbonyl (C=O) groups is 4. The largest absolute Gasteiger partial charge is 0.485 e. The van der Waals surface area contributed by atoms with E-state index in [1.54, 1.807) is 6.92 Å². The molecule has 3 aliphatic heterocycles. The number of guanidine groups is 2. The number of aliphatic imine (C=N–C) groups is 3. The van der Waals surface area contributed by atoms with Crippen LogP contribution in [0.1, 0.15) is 82.3 Å². The number of anilines is 4. The number of nitrogens with one attached hydrogen (secondary N) is 6. The third-order valence-electron chi connectivity index (χ3n) is 10.8. The first-order chi connectivity index (χ1) is 32.7. The lowest BCUT2D eigenvalue weighted by molar-refractivity contribution is -0.138. The molecule has 4 amide bonds. The van der Waals surface area contributed by atoms with Crippen LogP contribution in [0.4, 0.5) is 49.1 Å². The van der Waals surface area contributed by atoms with E-state index in [9.17, 15) is 45.5 Å². The molecule has 3 heterocycles. The molecule has 0 aromatic heterocycles. The number of nitrogens with zero attached hydrogens (tertiary/aromatic N) is 3. The number of ether oxygens (including phenoxy) is 2. The summed E-state index contributed by atoms with van der Waals surface area (Å²) in [6.07, 6.45) is -6.49. The van der Waals surface area contributed by atoms with Gasteiger partial charge in [0.25, 0.3) is 11.8 Å². The van der Waals surface area contributed by atoms with Gasteiger partial charge in [0.2, 0.25) is 11.8 Å². The molecule has 0 saturated carbocycles. The van der Waals surface area contributed by atoms with Crippen molar-refractivity contribution in [2.24, 2.45) is 37.9 Å². The van der Waals surface area contributed by atoms with Crippen LogP contribution in [0, 0.1) is 0 Å². The van der Waals surface area contributed by atoms with E-state index in [4.69, 9.17) is 32.4 Å². The van der Waals surface area contributed by atoms with Crippen LogP contribution in [0.25, 0.3) is 0 Å². The lowest BCUT2D eigenvalue weighted by Gasteiger charge is -2.23. The Balaban J connectivity index is 1.49. The van der Waals surface area contributed by atoms with Gasteiger partial charge in [-0.15, -0.1) is 0 Å². The third-order valence-corrected chi connectivity index (χ3v) is 10.8. The van der Waals surface area contributed by atoms with Gasteiger partial charge in [-0.25, -0.2) is 0 Å². The summed E-state index contributed by atoms with van der Waals surface area (Å²) in [5, 5.41) is 16.1. The van der Waals surface area contributed by atoms with Gasteiger partial charge in [0.1, 0.15) is 17.9 Å². The number of amides is 4. The molecule has 14 N–H and O–H groups in total. The van der Waals surface area contributed by atoms with Crippen LogP contribution in [0.15, 0.2) is 62.2 Å². The Bertz CT molecular complexity index is 2350. The predicted molar refractivity (Wildman–Crippen MR) is 249 cm³/mol. The predicted octanol–water partition coefficient (Wildman–Crippen LogP) is 4.61. The van der Waals surface area contributed by atoms with Crippen molar-refractivity contribution >= 4 is 64.5 Å². The monoisotopic (exact) mass is 977 g/mol. The number of allylic oxidation sites excluding steroid dienone is 1. The molecule has 2 aromatic carbocycles. The van der Waals surface area contributed by atoms with E-state index < -0.39 is 76.4 Å². The van der Waals surface area contributed by atoms with Crippen LogP contribution in [-0.4, -0.2) is 93.2 Å². The average Bonchev–Trinajstić information content (AvgIpc) is 3.95. The van der Waals surface area contributed by atoms with E-state index in [2.05, 4.69) is 46.9 Å². The normalized spacial score (nSPS) is 17.1. The fraction of sp³-hybridized carbons (Fsp3) is 0.477. The van der Waals surface area contributed by atoms with Crippen LogP contribution < -0.4 is 64.3 Å². The molecule has 2 aromatic rings. The fourth-order valence-electron chi connectivity index (χ4n) is 7.34. The molecule has 0 spiro atoms. The standard InChI is InChI=1S/C44H57F6N13O6/c1-2-24-9-16-57-34(40(67)63-33-20-26(44(48,49)50)18-31(38(33)69-28-11-15-56-23-28)61-36(65)8-4-6-13-59-42(53)54)21-29(24)39(66)62-32-19-25(43(45,46)47)17-30(37(32)68-27-10-14-55-22-27)60-35(64)7-3-5-12-58-41(51)52/h16-21,27-28,55-56H,2-15,22-23H2,1H3,(H,60,64)(H,61,65)(H,62,66)(H,63,67)(H4,51,52,58)(H4,53,54,59). The van der Waals surface area contributed by atoms with Crippen molar-refractivity contribution in [1.29, 1.82) is 0 Å². The summed E-state index contributed by atoms with van der Waals surface area (Å²) in [4.78, 5) is 66.6. The minimum atomic E-state index is -4.96. The number of benzene rings is 2. The summed E-state index contributed by atoms with van der Waals surface area (Å²) >= 11 is 0. The Morgan fingerprint density at radius 3 is 1.51 bits per heavy atom. The molecule has 19 nitrogen and oxygen atoms in total. The molecule has 2 saturated heterocycles. The molecular weight excluding hydrogens is 921 g/mol. The first kappa shape index (κ1) is 53.1. The van der Waals surface area contributed by atoms with Crippen LogP contribution in [0.2, 0.25) is 0 Å². The van der Waals surface area contributed by atoms with Crippen molar-refractivity contribution in [3.63, 3.8) is 0 Å². The van der Waals surface area contributed by atoms with E-state index in [1.807, 2.05) is 0 Å². The van der Waals surface area contributed by atoms with Gasteiger partial charge in [0, 0.05) is 57.2 Å². The van der Waals surface area contributed by atoms with Crippen molar-refractivity contribution in [3.8, 4) is 11.5 Å². The first-order valence-electron chi connectivity index (χ1n) is 22.3. The van der Waals surface area contributed by atoms with E-state index in [0.717, 1.165) is 6.08 Å². The van der Waals surface area contributed by atoms with E-state index in [0.29, 0.717) is 81.7 Å². The Morgan fingerprint density at radius 2 is 1.12 bits per heavy atom. The number of hydrogen-bond acceptors (Lipinski definition) is 11. The Hall–Kier alpha value is -6.89. The number of unbranched alkanes of at least 4 members (excludes halogenated alkanes) is 2. The van der Waals surface area contributed by atoms with Crippen molar-refractivity contribution in [2.45, 2.75) is 95.7 Å². The molecule has 376 valence electrons. The van der Waals surface area contributed by atoms with E-state index in [1.165, 1.54) is 6.21 Å². The Morgan fingerprint density at radius 1 is 0.681 bits per heavy atom. The number of nitrogens with two attached hydrogens (primary N) is 4. The minimum absolute atomic E-state index is 0.00848. The lowest BCUT2D eigenvalue weighted by Crippen LogP contribution is -2.24. The second-order valence-corrected chi connectivity index (χ2v) is 16.2. The maximum Gasteiger partial charge on any atom is 0.416 e. The molecule has 0 radical (unpaired) electrons. The van der Waals surface area contributed by atoms with Crippen molar-refractivity contribution < 1.29 is 55.0 Å². The number of rotatable bonds is 21.